The number of aliphatic hydroxyl groups excluding tert-OH is 1. The van der Waals surface area contributed by atoms with Crippen LogP contribution in [-0.2, 0) is 16.7 Å². The van der Waals surface area contributed by atoms with Crippen LogP contribution in [0.4, 0.5) is 10.2 Å². The Bertz CT molecular complexity index is 1280. The smallest absolute Gasteiger partial charge is 0.335 e. The highest BCUT2D eigenvalue weighted by molar-refractivity contribution is 7.83. The summed E-state index contributed by atoms with van der Waals surface area (Å²) in [6.45, 7) is 0. The van der Waals surface area contributed by atoms with E-state index in [2.05, 4.69) is 15.3 Å². The first kappa shape index (κ1) is 21.3. The molecule has 0 saturated heterocycles. The Labute approximate surface area is 184 Å². The van der Waals surface area contributed by atoms with Gasteiger partial charge in [-0.15, -0.1) is 0 Å². The van der Waals surface area contributed by atoms with Gasteiger partial charge in [0.1, 0.15) is 23.6 Å². The molecule has 32 heavy (non-hydrogen) atoms. The van der Waals surface area contributed by atoms with Crippen molar-refractivity contribution < 1.29 is 22.5 Å². The minimum Gasteiger partial charge on any atom is -0.391 e. The maximum atomic E-state index is 14.1. The molecule has 1 aromatic carbocycles. The van der Waals surface area contributed by atoms with Crippen molar-refractivity contribution in [3.63, 3.8) is 0 Å². The molecule has 4 atom stereocenters. The van der Waals surface area contributed by atoms with Gasteiger partial charge in [-0.2, -0.15) is 12.7 Å². The molecule has 9 nitrogen and oxygen atoms in total. The minimum absolute atomic E-state index is 0.0526. The number of aromatic nitrogens is 3. The SMILES string of the molecule is CN([C@H]1C[C@@H](n2ccc3c(N[C@H]4CCc5c(F)cccc54)ncnc32)C[C@@H]1O)S(=O)(=O)O. The van der Waals surface area contributed by atoms with Crippen molar-refractivity contribution >= 4 is 27.2 Å². The zero-order valence-electron chi connectivity index (χ0n) is 17.4. The molecule has 1 fully saturated rings. The first-order chi connectivity index (χ1) is 15.2. The molecule has 0 amide bonds. The predicted molar refractivity (Wildman–Crippen MR) is 116 cm³/mol. The van der Waals surface area contributed by atoms with Crippen LogP contribution < -0.4 is 5.32 Å². The van der Waals surface area contributed by atoms with Gasteiger partial charge in [0, 0.05) is 19.3 Å². The van der Waals surface area contributed by atoms with Crippen LogP contribution in [0.1, 0.15) is 42.5 Å². The van der Waals surface area contributed by atoms with Gasteiger partial charge in [-0.25, -0.2) is 14.4 Å². The second-order valence-electron chi connectivity index (χ2n) is 8.48. The van der Waals surface area contributed by atoms with Gasteiger partial charge < -0.3 is 15.0 Å². The van der Waals surface area contributed by atoms with Gasteiger partial charge in [0.2, 0.25) is 0 Å². The molecule has 2 aromatic heterocycles. The third kappa shape index (κ3) is 3.54. The van der Waals surface area contributed by atoms with Crippen LogP contribution >= 0.6 is 0 Å². The lowest BCUT2D eigenvalue weighted by atomic mass is 10.1. The van der Waals surface area contributed by atoms with E-state index in [-0.39, 0.29) is 17.9 Å². The van der Waals surface area contributed by atoms with E-state index in [0.29, 0.717) is 30.7 Å². The number of halogens is 1. The van der Waals surface area contributed by atoms with Crippen LogP contribution in [0, 0.1) is 5.82 Å². The van der Waals surface area contributed by atoms with E-state index in [1.807, 2.05) is 22.9 Å². The average Bonchev–Trinajstić information content (AvgIpc) is 3.45. The van der Waals surface area contributed by atoms with Crippen LogP contribution in [0.2, 0.25) is 0 Å². The molecule has 170 valence electrons. The summed E-state index contributed by atoms with van der Waals surface area (Å²) in [6, 6.07) is 6.03. The maximum absolute atomic E-state index is 14.1. The normalized spacial score (nSPS) is 25.5. The van der Waals surface area contributed by atoms with Crippen molar-refractivity contribution in [1.82, 2.24) is 18.8 Å². The monoisotopic (exact) mass is 461 g/mol. The van der Waals surface area contributed by atoms with E-state index < -0.39 is 22.4 Å². The summed E-state index contributed by atoms with van der Waals surface area (Å²) in [6.07, 6.45) is 4.49. The van der Waals surface area contributed by atoms with Gasteiger partial charge >= 0.3 is 10.3 Å². The zero-order chi connectivity index (χ0) is 22.6. The number of hydrogen-bond donors (Lipinski definition) is 3. The van der Waals surface area contributed by atoms with Crippen LogP contribution in [0.3, 0.4) is 0 Å². The van der Waals surface area contributed by atoms with Crippen LogP contribution in [0.5, 0.6) is 0 Å². The van der Waals surface area contributed by atoms with Gasteiger partial charge in [-0.05, 0) is 48.9 Å². The highest BCUT2D eigenvalue weighted by atomic mass is 32.2. The lowest BCUT2D eigenvalue weighted by molar-refractivity contribution is 0.117. The number of nitrogens with zero attached hydrogens (tertiary/aromatic N) is 4. The quantitative estimate of drug-likeness (QED) is 0.499. The van der Waals surface area contributed by atoms with Crippen molar-refractivity contribution in [2.75, 3.05) is 12.4 Å². The van der Waals surface area contributed by atoms with Crippen LogP contribution in [-0.4, -0.2) is 56.1 Å². The summed E-state index contributed by atoms with van der Waals surface area (Å²) < 4.78 is 49.1. The summed E-state index contributed by atoms with van der Waals surface area (Å²) in [5.41, 5.74) is 2.33. The Balaban J connectivity index is 1.42. The number of hydrogen-bond acceptors (Lipinski definition) is 6. The number of aliphatic hydroxyl groups is 1. The first-order valence-electron chi connectivity index (χ1n) is 10.5. The molecule has 0 radical (unpaired) electrons. The number of likely N-dealkylation sites (N-methyl/N-ethyl adjacent to an activating group) is 1. The van der Waals surface area contributed by atoms with E-state index in [0.717, 1.165) is 27.2 Å². The number of anilines is 1. The number of benzene rings is 1. The van der Waals surface area contributed by atoms with Gasteiger partial charge in [-0.1, -0.05) is 12.1 Å². The second-order valence-corrected chi connectivity index (χ2v) is 9.95. The van der Waals surface area contributed by atoms with E-state index in [1.165, 1.54) is 19.4 Å². The molecule has 11 heteroatoms. The summed E-state index contributed by atoms with van der Waals surface area (Å²) >= 11 is 0. The minimum atomic E-state index is -4.40. The van der Waals surface area contributed by atoms with Gasteiger partial charge in [0.15, 0.2) is 0 Å². The Morgan fingerprint density at radius 1 is 1.25 bits per heavy atom. The highest BCUT2D eigenvalue weighted by Gasteiger charge is 2.40. The molecule has 0 spiro atoms. The molecule has 0 aliphatic heterocycles. The molecule has 2 aliphatic carbocycles. The first-order valence-corrected chi connectivity index (χ1v) is 11.9. The highest BCUT2D eigenvalue weighted by Crippen LogP contribution is 2.38. The van der Waals surface area contributed by atoms with E-state index in [1.54, 1.807) is 6.07 Å². The fourth-order valence-corrected chi connectivity index (χ4v) is 5.63. The second kappa shape index (κ2) is 7.77. The number of nitrogens with one attached hydrogen (secondary N) is 1. The molecule has 1 saturated carbocycles. The lowest BCUT2D eigenvalue weighted by Crippen LogP contribution is -2.41. The summed E-state index contributed by atoms with van der Waals surface area (Å²) in [5, 5.41) is 14.6. The molecule has 0 unspecified atom stereocenters. The van der Waals surface area contributed by atoms with E-state index in [9.17, 15) is 22.5 Å². The third-order valence-corrected chi connectivity index (χ3v) is 7.73. The molecule has 3 N–H and O–H groups in total. The van der Waals surface area contributed by atoms with Gasteiger partial charge in [-0.3, -0.25) is 4.55 Å². The van der Waals surface area contributed by atoms with Crippen molar-refractivity contribution in [3.05, 3.63) is 53.7 Å². The molecule has 2 heterocycles. The molecular weight excluding hydrogens is 437 g/mol. The van der Waals surface area contributed by atoms with Crippen molar-refractivity contribution in [1.29, 1.82) is 0 Å². The molecule has 0 bridgehead atoms. The van der Waals surface area contributed by atoms with Crippen LogP contribution in [0.25, 0.3) is 11.0 Å². The number of rotatable bonds is 5. The Morgan fingerprint density at radius 3 is 2.84 bits per heavy atom. The molecule has 2 aliphatic rings. The summed E-state index contributed by atoms with van der Waals surface area (Å²) in [4.78, 5) is 8.81. The largest absolute Gasteiger partial charge is 0.391 e. The molecule has 5 rings (SSSR count). The maximum Gasteiger partial charge on any atom is 0.335 e. The van der Waals surface area contributed by atoms with Crippen LogP contribution in [0.15, 0.2) is 36.8 Å². The number of fused-ring (bicyclic) bond motifs is 2. The zero-order valence-corrected chi connectivity index (χ0v) is 18.2. The summed E-state index contributed by atoms with van der Waals surface area (Å²) in [7, 11) is -3.14. The van der Waals surface area contributed by atoms with Crippen molar-refractivity contribution in [2.45, 2.75) is 49.9 Å². The standard InChI is InChI=1S/C21H24FN5O4S/c1-26(32(29,30)31)18-9-12(10-19(18)28)27-8-7-15-20(23-11-24-21(15)27)25-17-6-5-13-14(17)3-2-4-16(13)22/h2-4,7-8,11-12,17-19,28H,5-6,9-10H2,1H3,(H,23,24,25)(H,29,30,31)/t12-,17+,18+,19+/m1/s1. The van der Waals surface area contributed by atoms with Crippen molar-refractivity contribution in [2.24, 2.45) is 0 Å². The van der Waals surface area contributed by atoms with E-state index in [4.69, 9.17) is 0 Å². The fourth-order valence-electron chi connectivity index (χ4n) is 5.06. The Morgan fingerprint density at radius 2 is 2.06 bits per heavy atom. The van der Waals surface area contributed by atoms with Crippen molar-refractivity contribution in [3.8, 4) is 0 Å². The predicted octanol–water partition coefficient (Wildman–Crippen LogP) is 2.47. The topological polar surface area (TPSA) is 121 Å². The summed E-state index contributed by atoms with van der Waals surface area (Å²) in [5.74, 6) is 0.455. The third-order valence-electron chi connectivity index (χ3n) is 6.73. The van der Waals surface area contributed by atoms with Gasteiger partial charge in [0.25, 0.3) is 0 Å². The van der Waals surface area contributed by atoms with Gasteiger partial charge in [0.05, 0.1) is 23.6 Å². The fraction of sp³-hybridized carbons (Fsp3) is 0.429. The Kier molecular flexibility index (Phi) is 5.16. The Hall–Kier alpha value is -2.60. The molecule has 3 aromatic rings. The average molecular weight is 462 g/mol. The van der Waals surface area contributed by atoms with E-state index >= 15 is 0 Å². The molecular formula is C21H24FN5O4S. The lowest BCUT2D eigenvalue weighted by Gasteiger charge is -2.23.